The van der Waals surface area contributed by atoms with Gasteiger partial charge in [0.1, 0.15) is 17.4 Å². The van der Waals surface area contributed by atoms with E-state index in [1.54, 1.807) is 18.2 Å². The molecule has 2 aromatic rings. The van der Waals surface area contributed by atoms with Gasteiger partial charge in [0.05, 0.1) is 6.20 Å². The average molecular weight is 266 g/mol. The van der Waals surface area contributed by atoms with E-state index in [1.165, 1.54) is 12.3 Å². The van der Waals surface area contributed by atoms with E-state index in [0.29, 0.717) is 15.8 Å². The third kappa shape index (κ3) is 2.84. The van der Waals surface area contributed by atoms with Crippen molar-refractivity contribution in [3.8, 4) is 17.7 Å². The second-order valence-corrected chi connectivity index (χ2v) is 3.94. The molecule has 0 aliphatic rings. The molecule has 0 unspecified atom stereocenters. The normalized spacial score (nSPS) is 9.71. The third-order valence-corrected chi connectivity index (χ3v) is 2.29. The summed E-state index contributed by atoms with van der Waals surface area (Å²) < 4.78 is 5.40. The maximum atomic E-state index is 8.86. The number of nitrogens with zero attached hydrogens (tertiary/aromatic N) is 3. The predicted molar refractivity (Wildman–Crippen MR) is 63.3 cm³/mol. The van der Waals surface area contributed by atoms with Crippen LogP contribution in [0.4, 0.5) is 0 Å². The summed E-state index contributed by atoms with van der Waals surface area (Å²) in [5.74, 6) is 0.521. The molecule has 0 atom stereocenters. The van der Waals surface area contributed by atoms with Crippen LogP contribution in [-0.4, -0.2) is 10.2 Å². The Balaban J connectivity index is 2.35. The molecule has 6 heteroatoms. The first kappa shape index (κ1) is 11.6. The Kier molecular flexibility index (Phi) is 3.43. The Morgan fingerprint density at radius 3 is 2.53 bits per heavy atom. The fourth-order valence-electron chi connectivity index (χ4n) is 1.18. The van der Waals surface area contributed by atoms with Crippen molar-refractivity contribution in [3.63, 3.8) is 0 Å². The van der Waals surface area contributed by atoms with E-state index in [1.807, 2.05) is 6.07 Å². The molecule has 0 aliphatic carbocycles. The molecule has 1 aromatic heterocycles. The topological polar surface area (TPSA) is 58.8 Å². The number of nitriles is 1. The standard InChI is InChI=1S/C11H5Cl2N3O/c12-8-3-9(13)5-10(4-8)17-11-7(6-14)1-2-15-16-11/h1-5H. The molecule has 0 spiro atoms. The first-order valence-electron chi connectivity index (χ1n) is 4.55. The third-order valence-electron chi connectivity index (χ3n) is 1.86. The molecule has 0 bridgehead atoms. The van der Waals surface area contributed by atoms with Crippen LogP contribution >= 0.6 is 23.2 Å². The summed E-state index contributed by atoms with van der Waals surface area (Å²) in [6, 6.07) is 8.19. The number of benzene rings is 1. The summed E-state index contributed by atoms with van der Waals surface area (Å²) in [5, 5.41) is 17.1. The van der Waals surface area contributed by atoms with Crippen molar-refractivity contribution in [3.05, 3.63) is 46.1 Å². The number of hydrogen-bond donors (Lipinski definition) is 0. The van der Waals surface area contributed by atoms with Crippen LogP contribution in [0.15, 0.2) is 30.5 Å². The fraction of sp³-hybridized carbons (Fsp3) is 0. The molecule has 0 fully saturated rings. The van der Waals surface area contributed by atoms with Crippen LogP contribution in [0.2, 0.25) is 10.0 Å². The van der Waals surface area contributed by atoms with E-state index in [2.05, 4.69) is 10.2 Å². The summed E-state index contributed by atoms with van der Waals surface area (Å²) in [4.78, 5) is 0. The van der Waals surface area contributed by atoms with Gasteiger partial charge in [-0.05, 0) is 24.3 Å². The Bertz CT molecular complexity index is 575. The minimum atomic E-state index is 0.119. The van der Waals surface area contributed by atoms with Crippen LogP contribution in [0.3, 0.4) is 0 Å². The molecule has 0 radical (unpaired) electrons. The largest absolute Gasteiger partial charge is 0.436 e. The van der Waals surface area contributed by atoms with Crippen LogP contribution in [0.25, 0.3) is 0 Å². The van der Waals surface area contributed by atoms with Gasteiger partial charge in [0, 0.05) is 10.0 Å². The van der Waals surface area contributed by atoms with Crippen LogP contribution in [0.5, 0.6) is 11.6 Å². The van der Waals surface area contributed by atoms with Crippen molar-refractivity contribution in [1.82, 2.24) is 10.2 Å². The molecule has 4 nitrogen and oxygen atoms in total. The lowest BCUT2D eigenvalue weighted by molar-refractivity contribution is 0.453. The molecule has 1 aromatic carbocycles. The number of ether oxygens (including phenoxy) is 1. The van der Waals surface area contributed by atoms with Crippen molar-refractivity contribution in [2.24, 2.45) is 0 Å². The first-order chi connectivity index (χ1) is 8.19. The molecule has 0 saturated heterocycles. The quantitative estimate of drug-likeness (QED) is 0.835. The Hall–Kier alpha value is -1.83. The molecule has 1 heterocycles. The lowest BCUT2D eigenvalue weighted by Gasteiger charge is -2.05. The van der Waals surface area contributed by atoms with Crippen molar-refractivity contribution in [2.45, 2.75) is 0 Å². The summed E-state index contributed by atoms with van der Waals surface area (Å²) in [6.07, 6.45) is 1.41. The lowest BCUT2D eigenvalue weighted by Crippen LogP contribution is -1.93. The molecular formula is C11H5Cl2N3O. The Morgan fingerprint density at radius 1 is 1.18 bits per heavy atom. The number of halogens is 2. The molecule has 84 valence electrons. The van der Waals surface area contributed by atoms with Gasteiger partial charge in [0.2, 0.25) is 0 Å². The highest BCUT2D eigenvalue weighted by molar-refractivity contribution is 6.34. The number of rotatable bonds is 2. The smallest absolute Gasteiger partial charge is 0.256 e. The molecule has 17 heavy (non-hydrogen) atoms. The van der Waals surface area contributed by atoms with Crippen molar-refractivity contribution >= 4 is 23.2 Å². The number of aromatic nitrogens is 2. The lowest BCUT2D eigenvalue weighted by atomic mass is 10.3. The van der Waals surface area contributed by atoms with Gasteiger partial charge in [0.15, 0.2) is 0 Å². The molecule has 2 rings (SSSR count). The van der Waals surface area contributed by atoms with E-state index in [0.717, 1.165) is 0 Å². The summed E-state index contributed by atoms with van der Waals surface area (Å²) in [6.45, 7) is 0. The van der Waals surface area contributed by atoms with Gasteiger partial charge >= 0.3 is 0 Å². The maximum Gasteiger partial charge on any atom is 0.256 e. The van der Waals surface area contributed by atoms with Gasteiger partial charge in [-0.25, -0.2) is 0 Å². The van der Waals surface area contributed by atoms with E-state index in [9.17, 15) is 0 Å². The van der Waals surface area contributed by atoms with Crippen LogP contribution in [-0.2, 0) is 0 Å². The van der Waals surface area contributed by atoms with Gasteiger partial charge in [-0.3, -0.25) is 0 Å². The maximum absolute atomic E-state index is 8.86. The minimum absolute atomic E-state index is 0.119. The van der Waals surface area contributed by atoms with Crippen LogP contribution in [0.1, 0.15) is 5.56 Å². The molecule has 0 amide bonds. The van der Waals surface area contributed by atoms with Gasteiger partial charge in [-0.1, -0.05) is 23.2 Å². The molecule has 0 N–H and O–H groups in total. The van der Waals surface area contributed by atoms with Crippen molar-refractivity contribution in [1.29, 1.82) is 5.26 Å². The van der Waals surface area contributed by atoms with Gasteiger partial charge in [0.25, 0.3) is 5.88 Å². The summed E-state index contributed by atoms with van der Waals surface area (Å²) >= 11 is 11.6. The Labute approximate surface area is 107 Å². The zero-order valence-electron chi connectivity index (χ0n) is 8.39. The van der Waals surface area contributed by atoms with E-state index >= 15 is 0 Å². The Morgan fingerprint density at radius 2 is 1.88 bits per heavy atom. The van der Waals surface area contributed by atoms with E-state index in [-0.39, 0.29) is 11.4 Å². The van der Waals surface area contributed by atoms with Crippen LogP contribution in [0, 0.1) is 11.3 Å². The minimum Gasteiger partial charge on any atom is -0.436 e. The summed E-state index contributed by atoms with van der Waals surface area (Å²) in [5.41, 5.74) is 0.288. The number of hydrogen-bond acceptors (Lipinski definition) is 4. The van der Waals surface area contributed by atoms with Crippen molar-refractivity contribution < 1.29 is 4.74 Å². The van der Waals surface area contributed by atoms with Crippen LogP contribution < -0.4 is 4.74 Å². The SMILES string of the molecule is N#Cc1ccnnc1Oc1cc(Cl)cc(Cl)c1. The molecule has 0 saturated carbocycles. The fourth-order valence-corrected chi connectivity index (χ4v) is 1.68. The average Bonchev–Trinajstić information content (AvgIpc) is 2.28. The zero-order chi connectivity index (χ0) is 12.3. The zero-order valence-corrected chi connectivity index (χ0v) is 9.90. The van der Waals surface area contributed by atoms with Crippen molar-refractivity contribution in [2.75, 3.05) is 0 Å². The first-order valence-corrected chi connectivity index (χ1v) is 5.30. The monoisotopic (exact) mass is 265 g/mol. The highest BCUT2D eigenvalue weighted by Gasteiger charge is 2.07. The van der Waals surface area contributed by atoms with Gasteiger partial charge in [-0.2, -0.15) is 10.4 Å². The molecule has 0 aliphatic heterocycles. The van der Waals surface area contributed by atoms with Gasteiger partial charge < -0.3 is 4.74 Å². The molecular weight excluding hydrogens is 261 g/mol. The van der Waals surface area contributed by atoms with Gasteiger partial charge in [-0.15, -0.1) is 5.10 Å². The van der Waals surface area contributed by atoms with E-state index in [4.69, 9.17) is 33.2 Å². The summed E-state index contributed by atoms with van der Waals surface area (Å²) in [7, 11) is 0. The van der Waals surface area contributed by atoms with E-state index < -0.39 is 0 Å². The second kappa shape index (κ2) is 5.00. The second-order valence-electron chi connectivity index (χ2n) is 3.07. The highest BCUT2D eigenvalue weighted by atomic mass is 35.5. The highest BCUT2D eigenvalue weighted by Crippen LogP contribution is 2.28. The predicted octanol–water partition coefficient (Wildman–Crippen LogP) is 3.45.